The van der Waals surface area contributed by atoms with E-state index in [1.165, 1.54) is 45.3 Å². The number of rotatable bonds is 4. The third kappa shape index (κ3) is 3.23. The van der Waals surface area contributed by atoms with Crippen LogP contribution in [-0.4, -0.2) is 38.9 Å². The smallest absolute Gasteiger partial charge is 0.0700 e. The summed E-state index contributed by atoms with van der Waals surface area (Å²) in [6.07, 6.45) is 5.66. The summed E-state index contributed by atoms with van der Waals surface area (Å²) in [5.74, 6) is 0.887. The van der Waals surface area contributed by atoms with E-state index < -0.39 is 0 Å². The molecule has 3 nitrogen and oxygen atoms in total. The van der Waals surface area contributed by atoms with Crippen molar-refractivity contribution in [1.82, 2.24) is 10.6 Å². The summed E-state index contributed by atoms with van der Waals surface area (Å²) in [6.45, 7) is 5.61. The molecule has 2 fully saturated rings. The normalized spacial score (nSPS) is 29.6. The molecule has 0 aromatic heterocycles. The van der Waals surface area contributed by atoms with Crippen molar-refractivity contribution in [3.05, 3.63) is 0 Å². The van der Waals surface area contributed by atoms with Crippen molar-refractivity contribution >= 4 is 0 Å². The molecule has 0 amide bonds. The van der Waals surface area contributed by atoms with Gasteiger partial charge in [0.25, 0.3) is 0 Å². The van der Waals surface area contributed by atoms with E-state index in [9.17, 15) is 0 Å². The van der Waals surface area contributed by atoms with Gasteiger partial charge in [-0.3, -0.25) is 0 Å². The minimum atomic E-state index is 0.497. The maximum Gasteiger partial charge on any atom is 0.0700 e. The lowest BCUT2D eigenvalue weighted by molar-refractivity contribution is 0.108. The zero-order chi connectivity index (χ0) is 9.64. The van der Waals surface area contributed by atoms with Crippen LogP contribution in [0.25, 0.3) is 0 Å². The number of hydrogen-bond acceptors (Lipinski definition) is 3. The first-order valence-electron chi connectivity index (χ1n) is 5.98. The molecule has 3 heteroatoms. The second-order valence-corrected chi connectivity index (χ2v) is 4.49. The molecule has 0 radical (unpaired) electrons. The zero-order valence-corrected chi connectivity index (χ0v) is 8.93. The van der Waals surface area contributed by atoms with Gasteiger partial charge >= 0.3 is 0 Å². The van der Waals surface area contributed by atoms with E-state index in [-0.39, 0.29) is 0 Å². The molecule has 2 heterocycles. The van der Waals surface area contributed by atoms with Crippen molar-refractivity contribution in [2.24, 2.45) is 5.92 Å². The molecule has 1 unspecified atom stereocenters. The third-order valence-corrected chi connectivity index (χ3v) is 3.29. The lowest BCUT2D eigenvalue weighted by Crippen LogP contribution is -2.36. The van der Waals surface area contributed by atoms with Gasteiger partial charge in [-0.05, 0) is 51.2 Å². The average molecular weight is 198 g/mol. The predicted molar refractivity (Wildman–Crippen MR) is 57.4 cm³/mol. The summed E-state index contributed by atoms with van der Waals surface area (Å²) >= 11 is 0. The standard InChI is InChI=1S/C11H22N2O/c1-2-11(14-7-1)9-13-8-10-3-5-12-6-4-10/h10-13H,1-9H2. The van der Waals surface area contributed by atoms with E-state index in [0.717, 1.165) is 19.1 Å². The molecular formula is C11H22N2O. The van der Waals surface area contributed by atoms with Gasteiger partial charge in [-0.1, -0.05) is 0 Å². The van der Waals surface area contributed by atoms with Gasteiger partial charge in [-0.25, -0.2) is 0 Å². The van der Waals surface area contributed by atoms with Gasteiger partial charge in [0, 0.05) is 13.2 Å². The Morgan fingerprint density at radius 2 is 2.00 bits per heavy atom. The summed E-state index contributed by atoms with van der Waals surface area (Å²) in [5, 5.41) is 6.94. The van der Waals surface area contributed by atoms with E-state index >= 15 is 0 Å². The van der Waals surface area contributed by atoms with Crippen LogP contribution in [0, 0.1) is 5.92 Å². The molecule has 0 spiro atoms. The number of piperidine rings is 1. The van der Waals surface area contributed by atoms with E-state index in [1.54, 1.807) is 0 Å². The minimum absolute atomic E-state index is 0.497. The molecule has 14 heavy (non-hydrogen) atoms. The Morgan fingerprint density at radius 3 is 2.71 bits per heavy atom. The van der Waals surface area contributed by atoms with Crippen molar-refractivity contribution in [2.45, 2.75) is 31.8 Å². The largest absolute Gasteiger partial charge is 0.377 e. The van der Waals surface area contributed by atoms with Crippen molar-refractivity contribution < 1.29 is 4.74 Å². The Bertz CT molecular complexity index is 151. The SMILES string of the molecule is C1COC(CNCC2CCNCC2)C1. The maximum absolute atomic E-state index is 5.57. The van der Waals surface area contributed by atoms with Crippen LogP contribution in [0.3, 0.4) is 0 Å². The first-order valence-corrected chi connectivity index (χ1v) is 5.98. The maximum atomic E-state index is 5.57. The Balaban J connectivity index is 1.52. The molecule has 2 aliphatic heterocycles. The lowest BCUT2D eigenvalue weighted by atomic mass is 9.98. The summed E-state index contributed by atoms with van der Waals surface area (Å²) in [7, 11) is 0. The highest BCUT2D eigenvalue weighted by Gasteiger charge is 2.16. The van der Waals surface area contributed by atoms with E-state index in [0.29, 0.717) is 6.10 Å². The van der Waals surface area contributed by atoms with Gasteiger partial charge in [-0.15, -0.1) is 0 Å². The monoisotopic (exact) mass is 198 g/mol. The summed E-state index contributed by atoms with van der Waals surface area (Å²) in [6, 6.07) is 0. The Labute approximate surface area is 86.6 Å². The van der Waals surface area contributed by atoms with Crippen LogP contribution in [0.2, 0.25) is 0 Å². The van der Waals surface area contributed by atoms with E-state index in [2.05, 4.69) is 10.6 Å². The van der Waals surface area contributed by atoms with Gasteiger partial charge in [0.1, 0.15) is 0 Å². The van der Waals surface area contributed by atoms with Crippen LogP contribution < -0.4 is 10.6 Å². The zero-order valence-electron chi connectivity index (χ0n) is 8.93. The van der Waals surface area contributed by atoms with Crippen molar-refractivity contribution in [2.75, 3.05) is 32.8 Å². The fourth-order valence-electron chi connectivity index (χ4n) is 2.34. The Kier molecular flexibility index (Phi) is 4.22. The fourth-order valence-corrected chi connectivity index (χ4v) is 2.34. The van der Waals surface area contributed by atoms with Crippen LogP contribution in [0.5, 0.6) is 0 Å². The van der Waals surface area contributed by atoms with Crippen LogP contribution in [-0.2, 0) is 4.74 Å². The number of hydrogen-bond donors (Lipinski definition) is 2. The average Bonchev–Trinajstić information content (AvgIpc) is 2.72. The highest BCUT2D eigenvalue weighted by Crippen LogP contribution is 2.12. The quantitative estimate of drug-likeness (QED) is 0.699. The third-order valence-electron chi connectivity index (χ3n) is 3.29. The lowest BCUT2D eigenvalue weighted by Gasteiger charge is -2.23. The molecule has 0 aromatic carbocycles. The van der Waals surface area contributed by atoms with Crippen LogP contribution >= 0.6 is 0 Å². The first kappa shape index (κ1) is 10.4. The predicted octanol–water partition coefficient (Wildman–Crippen LogP) is 0.755. The number of ether oxygens (including phenoxy) is 1. The van der Waals surface area contributed by atoms with Gasteiger partial charge in [0.05, 0.1) is 6.10 Å². The second kappa shape index (κ2) is 5.69. The molecule has 0 saturated carbocycles. The molecule has 2 N–H and O–H groups in total. The topological polar surface area (TPSA) is 33.3 Å². The van der Waals surface area contributed by atoms with E-state index in [4.69, 9.17) is 4.74 Å². The molecule has 2 aliphatic rings. The molecular weight excluding hydrogens is 176 g/mol. The van der Waals surface area contributed by atoms with Gasteiger partial charge in [-0.2, -0.15) is 0 Å². The molecule has 0 bridgehead atoms. The molecule has 0 aliphatic carbocycles. The second-order valence-electron chi connectivity index (χ2n) is 4.49. The molecule has 0 aromatic rings. The Hall–Kier alpha value is -0.120. The van der Waals surface area contributed by atoms with Crippen LogP contribution in [0.15, 0.2) is 0 Å². The highest BCUT2D eigenvalue weighted by atomic mass is 16.5. The van der Waals surface area contributed by atoms with E-state index in [1.807, 2.05) is 0 Å². The van der Waals surface area contributed by atoms with Crippen molar-refractivity contribution in [3.63, 3.8) is 0 Å². The van der Waals surface area contributed by atoms with Crippen LogP contribution in [0.4, 0.5) is 0 Å². The van der Waals surface area contributed by atoms with Crippen molar-refractivity contribution in [3.8, 4) is 0 Å². The Morgan fingerprint density at radius 1 is 1.14 bits per heavy atom. The summed E-state index contributed by atoms with van der Waals surface area (Å²) < 4.78 is 5.57. The van der Waals surface area contributed by atoms with Gasteiger partial charge in [0.15, 0.2) is 0 Å². The highest BCUT2D eigenvalue weighted by molar-refractivity contribution is 4.73. The minimum Gasteiger partial charge on any atom is -0.377 e. The first-order chi connectivity index (χ1) is 6.95. The molecule has 1 atom stereocenters. The van der Waals surface area contributed by atoms with Gasteiger partial charge < -0.3 is 15.4 Å². The fraction of sp³-hybridized carbons (Fsp3) is 1.00. The number of nitrogens with one attached hydrogen (secondary N) is 2. The van der Waals surface area contributed by atoms with Crippen LogP contribution in [0.1, 0.15) is 25.7 Å². The summed E-state index contributed by atoms with van der Waals surface area (Å²) in [4.78, 5) is 0. The van der Waals surface area contributed by atoms with Crippen molar-refractivity contribution in [1.29, 1.82) is 0 Å². The summed E-state index contributed by atoms with van der Waals surface area (Å²) in [5.41, 5.74) is 0. The molecule has 2 saturated heterocycles. The molecule has 82 valence electrons. The molecule has 2 rings (SSSR count). The van der Waals surface area contributed by atoms with Gasteiger partial charge in [0.2, 0.25) is 0 Å².